The molecule has 1 N–H and O–H groups in total. The number of aromatic nitrogens is 2. The first-order valence-corrected chi connectivity index (χ1v) is 6.79. The van der Waals surface area contributed by atoms with E-state index < -0.39 is 5.60 Å². The van der Waals surface area contributed by atoms with Crippen LogP contribution in [0.3, 0.4) is 0 Å². The van der Waals surface area contributed by atoms with Gasteiger partial charge in [-0.1, -0.05) is 20.8 Å². The maximum atomic E-state index is 10.9. The van der Waals surface area contributed by atoms with E-state index in [2.05, 4.69) is 30.3 Å². The number of hydrogen-bond donors (Lipinski definition) is 1. The SMILES string of the molecule is CCCn1ccnc1C1(O)CC(C)CC(C)C1. The fraction of sp³-hybridized carbons (Fsp3) is 0.786. The van der Waals surface area contributed by atoms with Crippen molar-refractivity contribution in [3.8, 4) is 0 Å². The topological polar surface area (TPSA) is 38.0 Å². The van der Waals surface area contributed by atoms with Gasteiger partial charge in [0, 0.05) is 18.9 Å². The van der Waals surface area contributed by atoms with E-state index in [1.54, 1.807) is 0 Å². The molecule has 0 spiro atoms. The smallest absolute Gasteiger partial charge is 0.140 e. The Labute approximate surface area is 104 Å². The Hall–Kier alpha value is -0.830. The summed E-state index contributed by atoms with van der Waals surface area (Å²) in [6.07, 6.45) is 7.78. The molecule has 1 aliphatic rings. The summed E-state index contributed by atoms with van der Waals surface area (Å²) in [7, 11) is 0. The minimum Gasteiger partial charge on any atom is -0.382 e. The van der Waals surface area contributed by atoms with Gasteiger partial charge < -0.3 is 9.67 Å². The maximum absolute atomic E-state index is 10.9. The molecule has 1 heterocycles. The average molecular weight is 236 g/mol. The molecule has 17 heavy (non-hydrogen) atoms. The molecular formula is C14H24N2O. The molecule has 96 valence electrons. The molecule has 3 heteroatoms. The van der Waals surface area contributed by atoms with E-state index in [0.29, 0.717) is 11.8 Å². The number of hydrogen-bond acceptors (Lipinski definition) is 2. The standard InChI is InChI=1S/C14H24N2O/c1-4-6-16-7-5-15-13(16)14(17)9-11(2)8-12(3)10-14/h5,7,11-12,17H,4,6,8-10H2,1-3H3. The molecule has 0 amide bonds. The molecule has 3 nitrogen and oxygen atoms in total. The molecule has 1 aromatic rings. The summed E-state index contributed by atoms with van der Waals surface area (Å²) in [5.74, 6) is 2.03. The van der Waals surface area contributed by atoms with Crippen LogP contribution in [0.2, 0.25) is 0 Å². The van der Waals surface area contributed by atoms with E-state index in [9.17, 15) is 5.11 Å². The highest BCUT2D eigenvalue weighted by Gasteiger charge is 2.40. The monoisotopic (exact) mass is 236 g/mol. The summed E-state index contributed by atoms with van der Waals surface area (Å²) in [5, 5.41) is 10.9. The normalized spacial score (nSPS) is 33.9. The van der Waals surface area contributed by atoms with Gasteiger partial charge in [0.25, 0.3) is 0 Å². The van der Waals surface area contributed by atoms with E-state index in [0.717, 1.165) is 31.6 Å². The molecule has 1 fully saturated rings. The van der Waals surface area contributed by atoms with Gasteiger partial charge in [-0.05, 0) is 37.5 Å². The number of rotatable bonds is 3. The second kappa shape index (κ2) is 4.81. The lowest BCUT2D eigenvalue weighted by molar-refractivity contribution is -0.0460. The van der Waals surface area contributed by atoms with E-state index in [1.807, 2.05) is 12.4 Å². The third kappa shape index (κ3) is 2.54. The average Bonchev–Trinajstić information content (AvgIpc) is 2.64. The number of nitrogens with zero attached hydrogens (tertiary/aromatic N) is 2. The second-order valence-electron chi connectivity index (χ2n) is 5.83. The molecular weight excluding hydrogens is 212 g/mol. The highest BCUT2D eigenvalue weighted by molar-refractivity contribution is 5.07. The summed E-state index contributed by atoms with van der Waals surface area (Å²) in [5.41, 5.74) is -0.713. The Bertz CT molecular complexity index is 362. The molecule has 2 atom stereocenters. The van der Waals surface area contributed by atoms with Gasteiger partial charge in [0.1, 0.15) is 11.4 Å². The number of aryl methyl sites for hydroxylation is 1. The van der Waals surface area contributed by atoms with Crippen LogP contribution in [0.4, 0.5) is 0 Å². The lowest BCUT2D eigenvalue weighted by atomic mass is 9.73. The summed E-state index contributed by atoms with van der Waals surface area (Å²) in [6.45, 7) is 7.56. The summed E-state index contributed by atoms with van der Waals surface area (Å²) < 4.78 is 2.12. The predicted octanol–water partition coefficient (Wildman–Crippen LogP) is 2.94. The fourth-order valence-electron chi connectivity index (χ4n) is 3.41. The van der Waals surface area contributed by atoms with Gasteiger partial charge in [-0.3, -0.25) is 0 Å². The van der Waals surface area contributed by atoms with Gasteiger partial charge in [-0.2, -0.15) is 0 Å². The van der Waals surface area contributed by atoms with E-state index >= 15 is 0 Å². The van der Waals surface area contributed by atoms with Crippen molar-refractivity contribution in [3.63, 3.8) is 0 Å². The fourth-order valence-corrected chi connectivity index (χ4v) is 3.41. The zero-order chi connectivity index (χ0) is 12.5. The van der Waals surface area contributed by atoms with Crippen LogP contribution in [0, 0.1) is 11.8 Å². The summed E-state index contributed by atoms with van der Waals surface area (Å²) in [4.78, 5) is 4.41. The van der Waals surface area contributed by atoms with Crippen molar-refractivity contribution < 1.29 is 5.11 Å². The predicted molar refractivity (Wildman–Crippen MR) is 68.6 cm³/mol. The number of imidazole rings is 1. The van der Waals surface area contributed by atoms with Gasteiger partial charge in [-0.15, -0.1) is 0 Å². The largest absolute Gasteiger partial charge is 0.382 e. The first-order chi connectivity index (χ1) is 8.05. The molecule has 2 rings (SSSR count). The van der Waals surface area contributed by atoms with Crippen LogP contribution in [0.25, 0.3) is 0 Å². The Morgan fingerprint density at radius 3 is 2.65 bits per heavy atom. The molecule has 1 aliphatic carbocycles. The van der Waals surface area contributed by atoms with Crippen LogP contribution in [-0.2, 0) is 12.1 Å². The zero-order valence-corrected chi connectivity index (χ0v) is 11.2. The van der Waals surface area contributed by atoms with Crippen molar-refractivity contribution in [1.29, 1.82) is 0 Å². The highest BCUT2D eigenvalue weighted by Crippen LogP contribution is 2.41. The van der Waals surface area contributed by atoms with Crippen molar-refractivity contribution in [2.24, 2.45) is 11.8 Å². The zero-order valence-electron chi connectivity index (χ0n) is 11.2. The third-order valence-electron chi connectivity index (χ3n) is 3.77. The quantitative estimate of drug-likeness (QED) is 0.876. The lowest BCUT2D eigenvalue weighted by Crippen LogP contribution is -2.38. The molecule has 0 aromatic carbocycles. The molecule has 2 unspecified atom stereocenters. The van der Waals surface area contributed by atoms with Gasteiger partial charge in [0.2, 0.25) is 0 Å². The highest BCUT2D eigenvalue weighted by atomic mass is 16.3. The molecule has 0 saturated heterocycles. The second-order valence-corrected chi connectivity index (χ2v) is 5.83. The van der Waals surface area contributed by atoms with Crippen molar-refractivity contribution >= 4 is 0 Å². The van der Waals surface area contributed by atoms with Crippen LogP contribution in [0.5, 0.6) is 0 Å². The van der Waals surface area contributed by atoms with Crippen molar-refractivity contribution in [2.45, 2.75) is 58.6 Å². The number of aliphatic hydroxyl groups is 1. The molecule has 0 radical (unpaired) electrons. The van der Waals surface area contributed by atoms with Gasteiger partial charge >= 0.3 is 0 Å². The molecule has 0 bridgehead atoms. The van der Waals surface area contributed by atoms with Crippen molar-refractivity contribution in [2.75, 3.05) is 0 Å². The lowest BCUT2D eigenvalue weighted by Gasteiger charge is -2.38. The van der Waals surface area contributed by atoms with Gasteiger partial charge in [-0.25, -0.2) is 4.98 Å². The molecule has 0 aliphatic heterocycles. The van der Waals surface area contributed by atoms with Crippen LogP contribution in [0.1, 0.15) is 52.3 Å². The minimum atomic E-state index is -0.713. The summed E-state index contributed by atoms with van der Waals surface area (Å²) in [6, 6.07) is 0. The first kappa shape index (κ1) is 12.6. The first-order valence-electron chi connectivity index (χ1n) is 6.79. The van der Waals surface area contributed by atoms with Crippen LogP contribution >= 0.6 is 0 Å². The van der Waals surface area contributed by atoms with E-state index in [4.69, 9.17) is 0 Å². The Kier molecular flexibility index (Phi) is 3.57. The summed E-state index contributed by atoms with van der Waals surface area (Å²) >= 11 is 0. The molecule has 1 saturated carbocycles. The Morgan fingerprint density at radius 1 is 1.41 bits per heavy atom. The van der Waals surface area contributed by atoms with Gasteiger partial charge in [0.15, 0.2) is 0 Å². The van der Waals surface area contributed by atoms with Crippen LogP contribution in [0.15, 0.2) is 12.4 Å². The van der Waals surface area contributed by atoms with E-state index in [-0.39, 0.29) is 0 Å². The van der Waals surface area contributed by atoms with Crippen LogP contribution < -0.4 is 0 Å². The minimum absolute atomic E-state index is 0.579. The van der Waals surface area contributed by atoms with Gasteiger partial charge in [0.05, 0.1) is 0 Å². The van der Waals surface area contributed by atoms with Crippen molar-refractivity contribution in [1.82, 2.24) is 9.55 Å². The van der Waals surface area contributed by atoms with Crippen molar-refractivity contribution in [3.05, 3.63) is 18.2 Å². The maximum Gasteiger partial charge on any atom is 0.140 e. The Morgan fingerprint density at radius 2 is 2.06 bits per heavy atom. The van der Waals surface area contributed by atoms with Crippen LogP contribution in [-0.4, -0.2) is 14.7 Å². The van der Waals surface area contributed by atoms with E-state index in [1.165, 1.54) is 6.42 Å². The Balaban J connectivity index is 2.26. The molecule has 1 aromatic heterocycles. The third-order valence-corrected chi connectivity index (χ3v) is 3.77.